The molecule has 0 atom stereocenters. The first-order valence-electron chi connectivity index (χ1n) is 3.49. The molecule has 0 saturated heterocycles. The van der Waals surface area contributed by atoms with Crippen LogP contribution in [0.25, 0.3) is 0 Å². The van der Waals surface area contributed by atoms with Crippen LogP contribution in [0.2, 0.25) is 10.0 Å². The van der Waals surface area contributed by atoms with Crippen molar-refractivity contribution in [2.24, 2.45) is 0 Å². The van der Waals surface area contributed by atoms with Gasteiger partial charge in [-0.25, -0.2) is 0 Å². The van der Waals surface area contributed by atoms with E-state index in [9.17, 15) is 0 Å². The van der Waals surface area contributed by atoms with E-state index < -0.39 is 0 Å². The van der Waals surface area contributed by atoms with Gasteiger partial charge in [0.25, 0.3) is 0 Å². The van der Waals surface area contributed by atoms with Gasteiger partial charge >= 0.3 is 0 Å². The molecule has 2 nitrogen and oxygen atoms in total. The van der Waals surface area contributed by atoms with Crippen LogP contribution in [0.1, 0.15) is 6.92 Å². The average molecular weight is 207 g/mol. The Kier molecular flexibility index (Phi) is 3.66. The molecule has 0 aliphatic rings. The highest BCUT2D eigenvalue weighted by atomic mass is 35.5. The van der Waals surface area contributed by atoms with Crippen LogP contribution in [0, 0.1) is 0 Å². The quantitative estimate of drug-likeness (QED) is 0.559. The maximum Gasteiger partial charge on any atom is 0.185 e. The maximum atomic E-state index is 5.79. The second kappa shape index (κ2) is 4.55. The highest BCUT2D eigenvalue weighted by Crippen LogP contribution is 2.31. The summed E-state index contributed by atoms with van der Waals surface area (Å²) in [6.45, 7) is 2.28. The Labute approximate surface area is 80.9 Å². The van der Waals surface area contributed by atoms with Gasteiger partial charge in [0.1, 0.15) is 5.02 Å². The highest BCUT2D eigenvalue weighted by molar-refractivity contribution is 6.42. The summed E-state index contributed by atoms with van der Waals surface area (Å²) in [6, 6.07) is 5.11. The molecule has 0 aliphatic carbocycles. The topological polar surface area (TPSA) is 18.5 Å². The molecule has 0 saturated carbocycles. The Morgan fingerprint density at radius 2 is 2.08 bits per heavy atom. The Hall–Kier alpha value is -0.440. The Balaban J connectivity index is 2.78. The number of halogens is 2. The first kappa shape index (κ1) is 9.65. The van der Waals surface area contributed by atoms with Gasteiger partial charge in [-0.1, -0.05) is 29.3 Å². The Morgan fingerprint density at radius 3 is 2.75 bits per heavy atom. The molecule has 0 bridgehead atoms. The lowest BCUT2D eigenvalue weighted by Gasteiger charge is -2.04. The zero-order chi connectivity index (χ0) is 8.97. The molecule has 66 valence electrons. The van der Waals surface area contributed by atoms with Crippen molar-refractivity contribution in [3.63, 3.8) is 0 Å². The van der Waals surface area contributed by atoms with Crippen LogP contribution in [-0.2, 0) is 4.89 Å². The van der Waals surface area contributed by atoms with Gasteiger partial charge in [0.2, 0.25) is 0 Å². The minimum absolute atomic E-state index is 0.368. The Morgan fingerprint density at radius 1 is 1.33 bits per heavy atom. The van der Waals surface area contributed by atoms with Crippen LogP contribution in [-0.4, -0.2) is 6.61 Å². The fraction of sp³-hybridized carbons (Fsp3) is 0.250. The van der Waals surface area contributed by atoms with Crippen LogP contribution in [0.3, 0.4) is 0 Å². The number of benzene rings is 1. The van der Waals surface area contributed by atoms with Crippen LogP contribution in [0.4, 0.5) is 0 Å². The van der Waals surface area contributed by atoms with Crippen molar-refractivity contribution in [1.29, 1.82) is 0 Å². The van der Waals surface area contributed by atoms with Crippen molar-refractivity contribution in [3.8, 4) is 5.75 Å². The molecule has 0 unspecified atom stereocenters. The second-order valence-corrected chi connectivity index (χ2v) is 2.83. The second-order valence-electron chi connectivity index (χ2n) is 2.04. The van der Waals surface area contributed by atoms with Gasteiger partial charge in [-0.2, -0.15) is 4.89 Å². The number of rotatable bonds is 3. The van der Waals surface area contributed by atoms with Crippen LogP contribution in [0.15, 0.2) is 18.2 Å². The molecule has 0 spiro atoms. The smallest absolute Gasteiger partial charge is 0.185 e. The van der Waals surface area contributed by atoms with Crippen LogP contribution < -0.4 is 4.89 Å². The molecular weight excluding hydrogens is 199 g/mol. The van der Waals surface area contributed by atoms with Crippen molar-refractivity contribution in [3.05, 3.63) is 28.2 Å². The number of hydrogen-bond acceptors (Lipinski definition) is 2. The molecule has 0 amide bonds. The van der Waals surface area contributed by atoms with E-state index in [1.165, 1.54) is 0 Å². The van der Waals surface area contributed by atoms with Crippen LogP contribution in [0.5, 0.6) is 5.75 Å². The molecular formula is C8H8Cl2O2. The van der Waals surface area contributed by atoms with E-state index in [4.69, 9.17) is 33.0 Å². The summed E-state index contributed by atoms with van der Waals surface area (Å²) in [6.07, 6.45) is 0. The lowest BCUT2D eigenvalue weighted by molar-refractivity contribution is -0.202. The summed E-state index contributed by atoms with van der Waals surface area (Å²) < 4.78 is 0. The lowest BCUT2D eigenvalue weighted by Crippen LogP contribution is -1.96. The van der Waals surface area contributed by atoms with Crippen molar-refractivity contribution in [2.45, 2.75) is 6.92 Å². The van der Waals surface area contributed by atoms with Crippen molar-refractivity contribution in [2.75, 3.05) is 6.61 Å². The molecule has 1 aromatic carbocycles. The number of hydrogen-bond donors (Lipinski definition) is 0. The van der Waals surface area contributed by atoms with E-state index in [1.807, 2.05) is 6.92 Å². The van der Waals surface area contributed by atoms with Gasteiger partial charge in [0.05, 0.1) is 11.6 Å². The van der Waals surface area contributed by atoms with E-state index in [-0.39, 0.29) is 0 Å². The van der Waals surface area contributed by atoms with Crippen molar-refractivity contribution in [1.82, 2.24) is 0 Å². The summed E-state index contributed by atoms with van der Waals surface area (Å²) in [5, 5.41) is 0.821. The zero-order valence-corrected chi connectivity index (χ0v) is 8.02. The van der Waals surface area contributed by atoms with Gasteiger partial charge in [0.15, 0.2) is 5.75 Å². The predicted molar refractivity (Wildman–Crippen MR) is 48.7 cm³/mol. The van der Waals surface area contributed by atoms with E-state index >= 15 is 0 Å². The van der Waals surface area contributed by atoms with Crippen molar-refractivity contribution < 1.29 is 9.78 Å². The van der Waals surface area contributed by atoms with Gasteiger partial charge in [-0.05, 0) is 19.1 Å². The van der Waals surface area contributed by atoms with Gasteiger partial charge in [-0.3, -0.25) is 0 Å². The molecule has 0 aromatic heterocycles. The monoisotopic (exact) mass is 206 g/mol. The molecule has 12 heavy (non-hydrogen) atoms. The van der Waals surface area contributed by atoms with Gasteiger partial charge in [0, 0.05) is 0 Å². The molecule has 0 aliphatic heterocycles. The summed E-state index contributed by atoms with van der Waals surface area (Å²) in [5.74, 6) is 0.436. The first-order chi connectivity index (χ1) is 5.75. The van der Waals surface area contributed by atoms with Gasteiger partial charge < -0.3 is 4.89 Å². The van der Waals surface area contributed by atoms with Gasteiger partial charge in [-0.15, -0.1) is 0 Å². The minimum atomic E-state index is 0.368. The SMILES string of the molecule is CCOOc1cccc(Cl)c1Cl. The third kappa shape index (κ3) is 2.27. The molecule has 4 heteroatoms. The summed E-state index contributed by atoms with van der Waals surface area (Å²) in [4.78, 5) is 9.56. The van der Waals surface area contributed by atoms with E-state index in [0.29, 0.717) is 22.4 Å². The fourth-order valence-corrected chi connectivity index (χ4v) is 0.994. The third-order valence-corrected chi connectivity index (χ3v) is 1.98. The normalized spacial score (nSPS) is 9.92. The molecule has 0 heterocycles. The summed E-state index contributed by atoms with van der Waals surface area (Å²) >= 11 is 11.5. The standard InChI is InChI=1S/C8H8Cl2O2/c1-2-11-12-7-5-3-4-6(9)8(7)10/h3-5H,2H2,1H3. The van der Waals surface area contributed by atoms with Crippen LogP contribution >= 0.6 is 23.2 Å². The third-order valence-electron chi connectivity index (χ3n) is 1.18. The zero-order valence-electron chi connectivity index (χ0n) is 6.51. The minimum Gasteiger partial charge on any atom is -0.336 e. The molecule has 0 fully saturated rings. The largest absolute Gasteiger partial charge is 0.336 e. The van der Waals surface area contributed by atoms with E-state index in [2.05, 4.69) is 0 Å². The molecule has 0 N–H and O–H groups in total. The Bertz CT molecular complexity index is 263. The maximum absolute atomic E-state index is 5.79. The molecule has 1 rings (SSSR count). The summed E-state index contributed by atoms with van der Waals surface area (Å²) in [7, 11) is 0. The molecule has 0 radical (unpaired) electrons. The first-order valence-corrected chi connectivity index (χ1v) is 4.24. The summed E-state index contributed by atoms with van der Waals surface area (Å²) in [5.41, 5.74) is 0. The van der Waals surface area contributed by atoms with E-state index in [1.54, 1.807) is 18.2 Å². The molecule has 1 aromatic rings. The lowest BCUT2D eigenvalue weighted by atomic mass is 10.3. The van der Waals surface area contributed by atoms with Crippen molar-refractivity contribution >= 4 is 23.2 Å². The van der Waals surface area contributed by atoms with E-state index in [0.717, 1.165) is 0 Å². The fourth-order valence-electron chi connectivity index (χ4n) is 0.671. The highest BCUT2D eigenvalue weighted by Gasteiger charge is 2.05. The predicted octanol–water partition coefficient (Wildman–Crippen LogP) is 3.32. The average Bonchev–Trinajstić information content (AvgIpc) is 2.08.